The Morgan fingerprint density at radius 1 is 1.24 bits per heavy atom. The molecule has 0 aliphatic rings. The third-order valence-corrected chi connectivity index (χ3v) is 4.81. The molecule has 0 fully saturated rings. The topological polar surface area (TPSA) is 98.5 Å². The van der Waals surface area contributed by atoms with Gasteiger partial charge in [-0.3, -0.25) is 4.79 Å². The first-order valence-corrected chi connectivity index (χ1v) is 9.31. The highest BCUT2D eigenvalue weighted by Crippen LogP contribution is 2.20. The maximum Gasteiger partial charge on any atom is 0.238 e. The van der Waals surface area contributed by atoms with Gasteiger partial charge in [-0.15, -0.1) is 0 Å². The highest BCUT2D eigenvalue weighted by molar-refractivity contribution is 7.89. The number of hydrogen-bond donors (Lipinski definition) is 2. The second-order valence-corrected chi connectivity index (χ2v) is 7.45. The lowest BCUT2D eigenvalue weighted by Crippen LogP contribution is -2.28. The van der Waals surface area contributed by atoms with E-state index in [1.54, 1.807) is 26.2 Å². The fourth-order valence-corrected chi connectivity index (χ4v) is 3.07. The maximum absolute atomic E-state index is 12.3. The fraction of sp³-hybridized carbons (Fsp3) is 0.278. The van der Waals surface area contributed by atoms with Gasteiger partial charge in [-0.1, -0.05) is 24.3 Å². The zero-order valence-corrected chi connectivity index (χ0v) is 15.3. The van der Waals surface area contributed by atoms with Crippen LogP contribution in [0.25, 0.3) is 0 Å². The largest absolute Gasteiger partial charge is 0.496 e. The summed E-state index contributed by atoms with van der Waals surface area (Å²) in [6.45, 7) is 3.72. The van der Waals surface area contributed by atoms with Crippen molar-refractivity contribution in [1.82, 2.24) is 5.32 Å². The van der Waals surface area contributed by atoms with Gasteiger partial charge in [0, 0.05) is 0 Å². The minimum atomic E-state index is -3.77. The van der Waals surface area contributed by atoms with Gasteiger partial charge in [0.15, 0.2) is 0 Å². The number of aryl methyl sites for hydroxylation is 1. The molecule has 0 saturated carbocycles. The van der Waals surface area contributed by atoms with Crippen LogP contribution in [-0.2, 0) is 21.2 Å². The van der Waals surface area contributed by atoms with E-state index < -0.39 is 10.0 Å². The summed E-state index contributed by atoms with van der Waals surface area (Å²) in [5.74, 6) is 0.568. The SMILES string of the molecule is COc1cc(CC(=O)NC(C)c2cccc(S(N)(=O)=O)c2)ccc1C. The van der Waals surface area contributed by atoms with Crippen molar-refractivity contribution in [2.24, 2.45) is 5.14 Å². The van der Waals surface area contributed by atoms with Gasteiger partial charge >= 0.3 is 0 Å². The molecule has 0 heterocycles. The van der Waals surface area contributed by atoms with E-state index >= 15 is 0 Å². The summed E-state index contributed by atoms with van der Waals surface area (Å²) in [6.07, 6.45) is 0.204. The number of primary sulfonamides is 1. The Kier molecular flexibility index (Phi) is 5.81. The third kappa shape index (κ3) is 5.04. The van der Waals surface area contributed by atoms with E-state index in [4.69, 9.17) is 9.88 Å². The van der Waals surface area contributed by atoms with E-state index in [9.17, 15) is 13.2 Å². The number of ether oxygens (including phenoxy) is 1. The molecule has 2 aromatic carbocycles. The van der Waals surface area contributed by atoms with Gasteiger partial charge in [0.25, 0.3) is 0 Å². The first-order chi connectivity index (χ1) is 11.7. The van der Waals surface area contributed by atoms with E-state index in [0.29, 0.717) is 5.56 Å². The summed E-state index contributed by atoms with van der Waals surface area (Å²) in [5.41, 5.74) is 2.51. The van der Waals surface area contributed by atoms with Crippen LogP contribution in [0.3, 0.4) is 0 Å². The summed E-state index contributed by atoms with van der Waals surface area (Å²) in [6, 6.07) is 11.5. The summed E-state index contributed by atoms with van der Waals surface area (Å²) < 4.78 is 28.1. The number of nitrogens with one attached hydrogen (secondary N) is 1. The van der Waals surface area contributed by atoms with Gasteiger partial charge in [-0.05, 0) is 48.7 Å². The molecule has 0 aromatic heterocycles. The Balaban J connectivity index is 2.08. The average Bonchev–Trinajstić information content (AvgIpc) is 2.55. The van der Waals surface area contributed by atoms with Crippen LogP contribution < -0.4 is 15.2 Å². The number of rotatable bonds is 6. The van der Waals surface area contributed by atoms with E-state index in [2.05, 4.69) is 5.32 Å². The number of sulfonamides is 1. The Bertz CT molecular complexity index is 878. The Morgan fingerprint density at radius 2 is 1.96 bits per heavy atom. The third-order valence-electron chi connectivity index (χ3n) is 3.90. The number of carbonyl (C=O) groups excluding carboxylic acids is 1. The molecule has 2 aromatic rings. The van der Waals surface area contributed by atoms with Crippen molar-refractivity contribution < 1.29 is 17.9 Å². The molecule has 134 valence electrons. The molecule has 1 amide bonds. The van der Waals surface area contributed by atoms with Crippen LogP contribution in [0.2, 0.25) is 0 Å². The average molecular weight is 362 g/mol. The van der Waals surface area contributed by atoms with Crippen LogP contribution in [0.1, 0.15) is 29.7 Å². The lowest BCUT2D eigenvalue weighted by atomic mass is 10.1. The van der Waals surface area contributed by atoms with Gasteiger partial charge < -0.3 is 10.1 Å². The van der Waals surface area contributed by atoms with Crippen molar-refractivity contribution in [2.45, 2.75) is 31.2 Å². The second-order valence-electron chi connectivity index (χ2n) is 5.89. The van der Waals surface area contributed by atoms with Gasteiger partial charge in [0.1, 0.15) is 5.75 Å². The Morgan fingerprint density at radius 3 is 2.60 bits per heavy atom. The zero-order valence-electron chi connectivity index (χ0n) is 14.4. The molecular weight excluding hydrogens is 340 g/mol. The standard InChI is InChI=1S/C18H22N2O4S/c1-12-7-8-14(9-17(12)24-3)10-18(21)20-13(2)15-5-4-6-16(11-15)25(19,22)23/h4-9,11,13H,10H2,1-3H3,(H,20,21)(H2,19,22,23). The predicted octanol–water partition coefficient (Wildman–Crippen LogP) is 2.07. The Labute approximate surface area is 148 Å². The second kappa shape index (κ2) is 7.67. The molecule has 0 aliphatic carbocycles. The number of hydrogen-bond acceptors (Lipinski definition) is 4. The molecule has 7 heteroatoms. The Hall–Kier alpha value is -2.38. The van der Waals surface area contributed by atoms with E-state index in [0.717, 1.165) is 16.9 Å². The van der Waals surface area contributed by atoms with E-state index in [1.165, 1.54) is 12.1 Å². The van der Waals surface area contributed by atoms with Crippen molar-refractivity contribution in [3.63, 3.8) is 0 Å². The van der Waals surface area contributed by atoms with Crippen LogP contribution >= 0.6 is 0 Å². The smallest absolute Gasteiger partial charge is 0.238 e. The van der Waals surface area contributed by atoms with Crippen LogP contribution in [0.4, 0.5) is 0 Å². The molecule has 6 nitrogen and oxygen atoms in total. The van der Waals surface area contributed by atoms with Crippen molar-refractivity contribution in [3.8, 4) is 5.75 Å². The molecule has 25 heavy (non-hydrogen) atoms. The number of methoxy groups -OCH3 is 1. The molecule has 1 unspecified atom stereocenters. The molecule has 0 spiro atoms. The summed E-state index contributed by atoms with van der Waals surface area (Å²) >= 11 is 0. The molecule has 3 N–H and O–H groups in total. The first-order valence-electron chi connectivity index (χ1n) is 7.76. The summed E-state index contributed by atoms with van der Waals surface area (Å²) in [4.78, 5) is 12.3. The lowest BCUT2D eigenvalue weighted by Gasteiger charge is -2.15. The van der Waals surface area contributed by atoms with Gasteiger partial charge in [-0.2, -0.15) is 0 Å². The van der Waals surface area contributed by atoms with E-state index in [-0.39, 0.29) is 23.3 Å². The van der Waals surface area contributed by atoms with Crippen LogP contribution in [0.15, 0.2) is 47.4 Å². The monoisotopic (exact) mass is 362 g/mol. The molecule has 1 atom stereocenters. The summed E-state index contributed by atoms with van der Waals surface area (Å²) in [5, 5.41) is 8.00. The highest BCUT2D eigenvalue weighted by atomic mass is 32.2. The van der Waals surface area contributed by atoms with Crippen molar-refractivity contribution in [3.05, 3.63) is 59.2 Å². The molecule has 0 bridgehead atoms. The number of nitrogens with two attached hydrogens (primary N) is 1. The van der Waals surface area contributed by atoms with Crippen LogP contribution in [0, 0.1) is 6.92 Å². The normalized spacial score (nSPS) is 12.5. The van der Waals surface area contributed by atoms with Crippen LogP contribution in [-0.4, -0.2) is 21.4 Å². The molecular formula is C18H22N2O4S. The van der Waals surface area contributed by atoms with Crippen molar-refractivity contribution in [2.75, 3.05) is 7.11 Å². The highest BCUT2D eigenvalue weighted by Gasteiger charge is 2.14. The quantitative estimate of drug-likeness (QED) is 0.822. The number of benzene rings is 2. The zero-order chi connectivity index (χ0) is 18.6. The minimum absolute atomic E-state index is 0.0226. The van der Waals surface area contributed by atoms with Gasteiger partial charge in [-0.25, -0.2) is 13.6 Å². The molecule has 0 radical (unpaired) electrons. The van der Waals surface area contributed by atoms with Gasteiger partial charge in [0.05, 0.1) is 24.5 Å². The first kappa shape index (κ1) is 19.0. The molecule has 0 aliphatic heterocycles. The summed E-state index contributed by atoms with van der Waals surface area (Å²) in [7, 11) is -2.18. The van der Waals surface area contributed by atoms with Crippen molar-refractivity contribution in [1.29, 1.82) is 0 Å². The molecule has 2 rings (SSSR count). The molecule has 0 saturated heterocycles. The lowest BCUT2D eigenvalue weighted by molar-refractivity contribution is -0.121. The predicted molar refractivity (Wildman–Crippen MR) is 95.8 cm³/mol. The van der Waals surface area contributed by atoms with Crippen molar-refractivity contribution >= 4 is 15.9 Å². The minimum Gasteiger partial charge on any atom is -0.496 e. The maximum atomic E-state index is 12.3. The van der Waals surface area contributed by atoms with Gasteiger partial charge in [0.2, 0.25) is 15.9 Å². The van der Waals surface area contributed by atoms with Crippen LogP contribution in [0.5, 0.6) is 5.75 Å². The number of carbonyl (C=O) groups is 1. The number of amides is 1. The van der Waals surface area contributed by atoms with E-state index in [1.807, 2.05) is 25.1 Å². The fourth-order valence-electron chi connectivity index (χ4n) is 2.50.